The molecule has 1 aromatic carbocycles. The summed E-state index contributed by atoms with van der Waals surface area (Å²) in [6, 6.07) is 4.12. The largest absolute Gasteiger partial charge is 0.310 e. The molecule has 1 aliphatic rings. The third-order valence-corrected chi connectivity index (χ3v) is 2.92. The van der Waals surface area contributed by atoms with E-state index in [-0.39, 0.29) is 18.3 Å². The van der Waals surface area contributed by atoms with Gasteiger partial charge in [0.15, 0.2) is 0 Å². The van der Waals surface area contributed by atoms with E-state index in [2.05, 4.69) is 5.32 Å². The maximum atomic E-state index is 13.1. The fourth-order valence-corrected chi connectivity index (χ4v) is 2.19. The Morgan fingerprint density at radius 2 is 2.19 bits per heavy atom. The van der Waals surface area contributed by atoms with Crippen LogP contribution in [0, 0.1) is 5.82 Å². The minimum atomic E-state index is -2.38. The van der Waals surface area contributed by atoms with Crippen molar-refractivity contribution in [3.63, 3.8) is 0 Å². The van der Waals surface area contributed by atoms with Crippen LogP contribution in [0.3, 0.4) is 0 Å². The lowest BCUT2D eigenvalue weighted by atomic mass is 9.97. The van der Waals surface area contributed by atoms with Gasteiger partial charge in [0, 0.05) is 12.5 Å². The van der Waals surface area contributed by atoms with E-state index in [1.54, 1.807) is 0 Å². The van der Waals surface area contributed by atoms with E-state index in [1.807, 2.05) is 0 Å². The van der Waals surface area contributed by atoms with Crippen molar-refractivity contribution in [2.75, 3.05) is 6.54 Å². The molecular weight excluding hydrogens is 215 g/mol. The van der Waals surface area contributed by atoms with Crippen LogP contribution in [0.5, 0.6) is 0 Å². The summed E-state index contributed by atoms with van der Waals surface area (Å²) in [5, 5.41) is 3.20. The van der Waals surface area contributed by atoms with Crippen LogP contribution in [0.25, 0.3) is 0 Å². The molecule has 1 N–H and O–H groups in total. The molecule has 0 radical (unpaired) electrons. The quantitative estimate of drug-likeness (QED) is 0.840. The van der Waals surface area contributed by atoms with Crippen LogP contribution in [0.4, 0.5) is 13.2 Å². The lowest BCUT2D eigenvalue weighted by molar-refractivity contribution is 0.148. The number of nitrogens with one attached hydrogen (secondary N) is 1. The second-order valence-corrected chi connectivity index (χ2v) is 4.09. The molecule has 4 heteroatoms. The summed E-state index contributed by atoms with van der Waals surface area (Å²) in [6.07, 6.45) is -0.784. The van der Waals surface area contributed by atoms with E-state index in [4.69, 9.17) is 0 Å². The van der Waals surface area contributed by atoms with Crippen LogP contribution in [-0.2, 0) is 6.42 Å². The molecule has 1 nitrogen and oxygen atoms in total. The molecular formula is C12H14F3N. The summed E-state index contributed by atoms with van der Waals surface area (Å²) in [5.74, 6) is -0.360. The smallest absolute Gasteiger partial charge is 0.242 e. The Hall–Kier alpha value is -1.03. The van der Waals surface area contributed by atoms with Crippen LogP contribution < -0.4 is 5.32 Å². The molecule has 0 aromatic heterocycles. The standard InChI is InChI=1S/C12H14F3N/c13-9-4-3-8(6-12(14)15)10(7-9)11-2-1-5-16-11/h3-4,7,11-12,16H,1-2,5-6H2/t11-/m1/s1. The minimum Gasteiger partial charge on any atom is -0.310 e. The number of hydrogen-bond donors (Lipinski definition) is 1. The molecule has 88 valence electrons. The van der Waals surface area contributed by atoms with Crippen LogP contribution in [0.2, 0.25) is 0 Å². The first-order valence-electron chi connectivity index (χ1n) is 5.46. The molecule has 1 aliphatic heterocycles. The molecule has 0 spiro atoms. The van der Waals surface area contributed by atoms with Gasteiger partial charge < -0.3 is 5.32 Å². The average molecular weight is 229 g/mol. The molecule has 0 unspecified atom stereocenters. The van der Waals surface area contributed by atoms with Gasteiger partial charge in [0.25, 0.3) is 0 Å². The second-order valence-electron chi connectivity index (χ2n) is 4.09. The van der Waals surface area contributed by atoms with Crippen molar-refractivity contribution in [3.8, 4) is 0 Å². The molecule has 1 atom stereocenters. The van der Waals surface area contributed by atoms with Crippen molar-refractivity contribution in [2.24, 2.45) is 0 Å². The van der Waals surface area contributed by atoms with Crippen molar-refractivity contribution >= 4 is 0 Å². The highest BCUT2D eigenvalue weighted by Crippen LogP contribution is 2.28. The number of hydrogen-bond acceptors (Lipinski definition) is 1. The predicted octanol–water partition coefficient (Wildman–Crippen LogP) is 3.06. The Morgan fingerprint density at radius 3 is 2.81 bits per heavy atom. The third-order valence-electron chi connectivity index (χ3n) is 2.92. The first kappa shape index (κ1) is 11.5. The summed E-state index contributed by atoms with van der Waals surface area (Å²) in [5.41, 5.74) is 1.24. The van der Waals surface area contributed by atoms with Crippen molar-refractivity contribution in [2.45, 2.75) is 31.7 Å². The normalized spacial score (nSPS) is 20.6. The number of halogens is 3. The summed E-state index contributed by atoms with van der Waals surface area (Å²) in [7, 11) is 0. The molecule has 0 aliphatic carbocycles. The molecule has 16 heavy (non-hydrogen) atoms. The number of alkyl halides is 2. The Morgan fingerprint density at radius 1 is 1.38 bits per heavy atom. The van der Waals surface area contributed by atoms with Gasteiger partial charge in [-0.25, -0.2) is 13.2 Å². The first-order valence-corrected chi connectivity index (χ1v) is 5.46. The molecule has 1 fully saturated rings. The summed E-state index contributed by atoms with van der Waals surface area (Å²) >= 11 is 0. The van der Waals surface area contributed by atoms with Gasteiger partial charge in [0.05, 0.1) is 0 Å². The maximum absolute atomic E-state index is 13.1. The van der Waals surface area contributed by atoms with Gasteiger partial charge in [-0.1, -0.05) is 6.07 Å². The highest BCUT2D eigenvalue weighted by atomic mass is 19.3. The molecule has 1 heterocycles. The van der Waals surface area contributed by atoms with E-state index in [1.165, 1.54) is 18.2 Å². The highest BCUT2D eigenvalue weighted by molar-refractivity contribution is 5.31. The lowest BCUT2D eigenvalue weighted by Gasteiger charge is -2.15. The van der Waals surface area contributed by atoms with Gasteiger partial charge in [-0.15, -0.1) is 0 Å². The van der Waals surface area contributed by atoms with Crippen LogP contribution in [-0.4, -0.2) is 13.0 Å². The van der Waals surface area contributed by atoms with Gasteiger partial charge >= 0.3 is 0 Å². The van der Waals surface area contributed by atoms with Crippen LogP contribution in [0.15, 0.2) is 18.2 Å². The monoisotopic (exact) mass is 229 g/mol. The zero-order chi connectivity index (χ0) is 11.5. The molecule has 2 rings (SSSR count). The SMILES string of the molecule is Fc1ccc(CC(F)F)c([C@H]2CCCN2)c1. The minimum absolute atomic E-state index is 0.0319. The van der Waals surface area contributed by atoms with Crippen LogP contribution in [0.1, 0.15) is 30.0 Å². The van der Waals surface area contributed by atoms with E-state index in [0.717, 1.165) is 19.4 Å². The Bertz CT molecular complexity index is 359. The Balaban J connectivity index is 2.28. The van der Waals surface area contributed by atoms with E-state index in [9.17, 15) is 13.2 Å². The van der Waals surface area contributed by atoms with Crippen LogP contribution >= 0.6 is 0 Å². The van der Waals surface area contributed by atoms with E-state index in [0.29, 0.717) is 11.1 Å². The Kier molecular flexibility index (Phi) is 3.49. The van der Waals surface area contributed by atoms with E-state index < -0.39 is 6.43 Å². The molecule has 0 saturated carbocycles. The Labute approximate surface area is 92.7 Å². The molecule has 1 aromatic rings. The van der Waals surface area contributed by atoms with Crippen molar-refractivity contribution < 1.29 is 13.2 Å². The summed E-state index contributed by atoms with van der Waals surface area (Å²) in [4.78, 5) is 0. The number of rotatable bonds is 3. The van der Waals surface area contributed by atoms with Gasteiger partial charge in [-0.05, 0) is 42.6 Å². The van der Waals surface area contributed by atoms with Crippen molar-refractivity contribution in [3.05, 3.63) is 35.1 Å². The van der Waals surface area contributed by atoms with Gasteiger partial charge in [-0.2, -0.15) is 0 Å². The van der Waals surface area contributed by atoms with E-state index >= 15 is 0 Å². The fraction of sp³-hybridized carbons (Fsp3) is 0.500. The molecule has 0 bridgehead atoms. The second kappa shape index (κ2) is 4.87. The zero-order valence-corrected chi connectivity index (χ0v) is 8.85. The lowest BCUT2D eigenvalue weighted by Crippen LogP contribution is -2.16. The topological polar surface area (TPSA) is 12.0 Å². The highest BCUT2D eigenvalue weighted by Gasteiger charge is 2.21. The predicted molar refractivity (Wildman–Crippen MR) is 56.1 cm³/mol. The van der Waals surface area contributed by atoms with Crippen molar-refractivity contribution in [1.29, 1.82) is 0 Å². The van der Waals surface area contributed by atoms with Crippen molar-refractivity contribution in [1.82, 2.24) is 5.32 Å². The zero-order valence-electron chi connectivity index (χ0n) is 8.85. The first-order chi connectivity index (χ1) is 7.66. The number of benzene rings is 1. The molecule has 1 saturated heterocycles. The summed E-state index contributed by atoms with van der Waals surface area (Å²) in [6.45, 7) is 0.870. The average Bonchev–Trinajstić information content (AvgIpc) is 2.73. The maximum Gasteiger partial charge on any atom is 0.242 e. The third kappa shape index (κ3) is 2.55. The summed E-state index contributed by atoms with van der Waals surface area (Å²) < 4.78 is 37.9. The van der Waals surface area contributed by atoms with Gasteiger partial charge in [0.2, 0.25) is 6.43 Å². The fourth-order valence-electron chi connectivity index (χ4n) is 2.19. The van der Waals surface area contributed by atoms with Gasteiger partial charge in [0.1, 0.15) is 5.82 Å². The molecule has 0 amide bonds. The van der Waals surface area contributed by atoms with Gasteiger partial charge in [-0.3, -0.25) is 0 Å².